The minimum Gasteiger partial charge on any atom is -0.383 e. The van der Waals surface area contributed by atoms with Crippen molar-refractivity contribution in [1.82, 2.24) is 9.97 Å². The summed E-state index contributed by atoms with van der Waals surface area (Å²) in [6.07, 6.45) is -1.61. The Balaban J connectivity index is 2.26. The number of benzene rings is 1. The number of alkyl halides is 3. The van der Waals surface area contributed by atoms with Crippen LogP contribution in [0.5, 0.6) is 0 Å². The molecule has 0 spiro atoms. The first-order valence-corrected chi connectivity index (χ1v) is 6.26. The number of aliphatic imine (C=N–C) groups is 1. The first-order chi connectivity index (χ1) is 9.86. The number of nitrogens with two attached hydrogens (primary N) is 1. The van der Waals surface area contributed by atoms with E-state index >= 15 is 0 Å². The van der Waals surface area contributed by atoms with E-state index in [0.717, 1.165) is 12.1 Å². The van der Waals surface area contributed by atoms with Gasteiger partial charge in [0.05, 0.1) is 12.1 Å². The fourth-order valence-electron chi connectivity index (χ4n) is 2.20. The lowest BCUT2D eigenvalue weighted by Crippen LogP contribution is -2.08. The highest BCUT2D eigenvalue weighted by molar-refractivity contribution is 6.28. The molecule has 0 unspecified atom stereocenters. The Morgan fingerprint density at radius 3 is 2.62 bits per heavy atom. The summed E-state index contributed by atoms with van der Waals surface area (Å²) in [6.45, 7) is 0.209. The second-order valence-corrected chi connectivity index (χ2v) is 4.84. The molecule has 0 atom stereocenters. The summed E-state index contributed by atoms with van der Waals surface area (Å²) in [6, 6.07) is 2.12. The highest BCUT2D eigenvalue weighted by Gasteiger charge is 2.33. The number of fused-ring (bicyclic) bond motifs is 1. The van der Waals surface area contributed by atoms with E-state index in [4.69, 9.17) is 17.3 Å². The minimum absolute atomic E-state index is 0.0248. The van der Waals surface area contributed by atoms with Crippen LogP contribution in [0.15, 0.2) is 23.3 Å². The van der Waals surface area contributed by atoms with Gasteiger partial charge in [-0.05, 0) is 34.9 Å². The molecule has 0 radical (unpaired) electrons. The minimum atomic E-state index is -4.45. The summed E-state index contributed by atoms with van der Waals surface area (Å²) >= 11 is 5.62. The Morgan fingerprint density at radius 1 is 1.19 bits per heavy atom. The Kier molecular flexibility index (Phi) is 3.09. The molecule has 2 heterocycles. The lowest BCUT2D eigenvalue weighted by molar-refractivity contribution is -0.137. The van der Waals surface area contributed by atoms with Crippen LogP contribution in [0.3, 0.4) is 0 Å². The van der Waals surface area contributed by atoms with Gasteiger partial charge in [-0.2, -0.15) is 13.2 Å². The van der Waals surface area contributed by atoms with Gasteiger partial charge in [0.2, 0.25) is 5.28 Å². The van der Waals surface area contributed by atoms with E-state index in [1.54, 1.807) is 0 Å². The molecule has 2 N–H and O–H groups in total. The molecule has 1 aliphatic rings. The summed E-state index contributed by atoms with van der Waals surface area (Å²) in [5, 5.41) is -0.0615. The van der Waals surface area contributed by atoms with Crippen molar-refractivity contribution in [2.75, 3.05) is 5.73 Å². The molecule has 8 heteroatoms. The van der Waals surface area contributed by atoms with Gasteiger partial charge in [-0.25, -0.2) is 9.97 Å². The van der Waals surface area contributed by atoms with Gasteiger partial charge in [0.15, 0.2) is 0 Å². The van der Waals surface area contributed by atoms with Crippen LogP contribution in [-0.2, 0) is 12.7 Å². The van der Waals surface area contributed by atoms with Crippen LogP contribution in [0.25, 0.3) is 11.1 Å². The van der Waals surface area contributed by atoms with Crippen molar-refractivity contribution in [3.63, 3.8) is 0 Å². The van der Waals surface area contributed by atoms with Crippen LogP contribution in [-0.4, -0.2) is 16.2 Å². The molecule has 2 aromatic rings. The van der Waals surface area contributed by atoms with Crippen LogP contribution in [0.1, 0.15) is 16.7 Å². The average molecular weight is 313 g/mol. The maximum Gasteiger partial charge on any atom is 0.416 e. The molecule has 1 aromatic carbocycles. The van der Waals surface area contributed by atoms with Crippen LogP contribution in [0, 0.1) is 0 Å². The molecule has 1 aliphatic heterocycles. The van der Waals surface area contributed by atoms with E-state index in [2.05, 4.69) is 15.0 Å². The zero-order valence-corrected chi connectivity index (χ0v) is 11.2. The van der Waals surface area contributed by atoms with Crippen LogP contribution < -0.4 is 5.73 Å². The van der Waals surface area contributed by atoms with E-state index in [0.29, 0.717) is 22.3 Å². The lowest BCUT2D eigenvalue weighted by atomic mass is 9.95. The van der Waals surface area contributed by atoms with Crippen molar-refractivity contribution < 1.29 is 13.2 Å². The van der Waals surface area contributed by atoms with Gasteiger partial charge >= 0.3 is 6.18 Å². The van der Waals surface area contributed by atoms with E-state index in [9.17, 15) is 13.2 Å². The normalized spacial score (nSPS) is 13.5. The highest BCUT2D eigenvalue weighted by Crippen LogP contribution is 2.38. The average Bonchev–Trinajstić information content (AvgIpc) is 2.85. The van der Waals surface area contributed by atoms with Crippen LogP contribution >= 0.6 is 11.6 Å². The van der Waals surface area contributed by atoms with E-state index in [1.807, 2.05) is 0 Å². The number of halogens is 4. The lowest BCUT2D eigenvalue weighted by Gasteiger charge is -2.14. The number of hydrogen-bond donors (Lipinski definition) is 1. The summed E-state index contributed by atoms with van der Waals surface area (Å²) in [7, 11) is 0. The van der Waals surface area contributed by atoms with Crippen molar-refractivity contribution >= 4 is 23.6 Å². The summed E-state index contributed by atoms with van der Waals surface area (Å²) in [5.41, 5.74) is 6.69. The molecule has 4 nitrogen and oxygen atoms in total. The van der Waals surface area contributed by atoms with Gasteiger partial charge in [-0.3, -0.25) is 4.99 Å². The molecule has 3 rings (SSSR count). The number of hydrogen-bond acceptors (Lipinski definition) is 4. The summed E-state index contributed by atoms with van der Waals surface area (Å²) in [5.74, 6) is 0.0248. The Hall–Kier alpha value is -2.15. The Bertz CT molecular complexity index is 756. The largest absolute Gasteiger partial charge is 0.416 e. The smallest absolute Gasteiger partial charge is 0.383 e. The molecule has 0 aliphatic carbocycles. The van der Waals surface area contributed by atoms with Crippen molar-refractivity contribution in [2.45, 2.75) is 12.7 Å². The monoisotopic (exact) mass is 312 g/mol. The molecule has 0 bridgehead atoms. The molecule has 0 saturated carbocycles. The highest BCUT2D eigenvalue weighted by atomic mass is 35.5. The Labute approximate surface area is 122 Å². The van der Waals surface area contributed by atoms with Gasteiger partial charge in [0.25, 0.3) is 0 Å². The molecular weight excluding hydrogens is 305 g/mol. The predicted octanol–water partition coefficient (Wildman–Crippen LogP) is 3.33. The third-order valence-corrected chi connectivity index (χ3v) is 3.34. The maximum absolute atomic E-state index is 13.0. The zero-order chi connectivity index (χ0) is 15.2. The predicted molar refractivity (Wildman–Crippen MR) is 73.2 cm³/mol. The maximum atomic E-state index is 13.0. The molecule has 1 aromatic heterocycles. The standard InChI is InChI=1S/C13H8ClF3N4/c14-12-20-5-10(11(18)21-12)8-2-7(13(15,16)17)1-6-3-19-4-9(6)8/h1-2,4-5H,3H2,(H2,18,20,21). The quantitative estimate of drug-likeness (QED) is 0.821. The van der Waals surface area contributed by atoms with Crippen LogP contribution in [0.4, 0.5) is 19.0 Å². The molecule has 108 valence electrons. The van der Waals surface area contributed by atoms with Crippen molar-refractivity contribution in [1.29, 1.82) is 0 Å². The number of nitrogen functional groups attached to an aromatic ring is 1. The van der Waals surface area contributed by atoms with E-state index < -0.39 is 11.7 Å². The van der Waals surface area contributed by atoms with E-state index in [1.165, 1.54) is 12.4 Å². The molecular formula is C13H8ClF3N4. The summed E-state index contributed by atoms with van der Waals surface area (Å²) in [4.78, 5) is 11.6. The first-order valence-electron chi connectivity index (χ1n) is 5.88. The number of aromatic nitrogens is 2. The molecule has 0 saturated heterocycles. The fraction of sp³-hybridized carbons (Fsp3) is 0.154. The van der Waals surface area contributed by atoms with Gasteiger partial charge in [-0.15, -0.1) is 0 Å². The molecule has 21 heavy (non-hydrogen) atoms. The SMILES string of the molecule is Nc1nc(Cl)ncc1-c1cc(C(F)(F)F)cc2c1C=NC2. The number of rotatable bonds is 1. The van der Waals surface area contributed by atoms with Gasteiger partial charge in [-0.1, -0.05) is 0 Å². The first kappa shape index (κ1) is 13.8. The van der Waals surface area contributed by atoms with Crippen molar-refractivity contribution in [3.05, 3.63) is 40.3 Å². The van der Waals surface area contributed by atoms with E-state index in [-0.39, 0.29) is 17.6 Å². The zero-order valence-electron chi connectivity index (χ0n) is 10.4. The van der Waals surface area contributed by atoms with Crippen LogP contribution in [0.2, 0.25) is 5.28 Å². The second kappa shape index (κ2) is 4.70. The fourth-order valence-corrected chi connectivity index (χ4v) is 2.34. The molecule has 0 amide bonds. The van der Waals surface area contributed by atoms with Gasteiger partial charge in [0.1, 0.15) is 5.82 Å². The van der Waals surface area contributed by atoms with Crippen molar-refractivity contribution in [3.8, 4) is 11.1 Å². The molecule has 0 fully saturated rings. The van der Waals surface area contributed by atoms with Crippen molar-refractivity contribution in [2.24, 2.45) is 4.99 Å². The summed E-state index contributed by atoms with van der Waals surface area (Å²) < 4.78 is 39.0. The number of nitrogens with zero attached hydrogens (tertiary/aromatic N) is 3. The topological polar surface area (TPSA) is 64.2 Å². The van der Waals surface area contributed by atoms with Gasteiger partial charge in [0, 0.05) is 23.5 Å². The second-order valence-electron chi connectivity index (χ2n) is 4.50. The van der Waals surface area contributed by atoms with Gasteiger partial charge < -0.3 is 5.73 Å². The third-order valence-electron chi connectivity index (χ3n) is 3.15. The third kappa shape index (κ3) is 2.44. The number of anilines is 1. The Morgan fingerprint density at radius 2 is 1.95 bits per heavy atom.